The predicted octanol–water partition coefficient (Wildman–Crippen LogP) is 4.73. The van der Waals surface area contributed by atoms with Gasteiger partial charge in [-0.15, -0.1) is 0 Å². The molecular formula is C16H16BrF2N. The van der Waals surface area contributed by atoms with Gasteiger partial charge in [-0.3, -0.25) is 0 Å². The van der Waals surface area contributed by atoms with Crippen LogP contribution in [0.3, 0.4) is 0 Å². The van der Waals surface area contributed by atoms with E-state index in [0.717, 1.165) is 10.0 Å². The molecular weight excluding hydrogens is 324 g/mol. The zero-order valence-corrected chi connectivity index (χ0v) is 13.0. The molecule has 0 aromatic heterocycles. The van der Waals surface area contributed by atoms with Crippen LogP contribution in [-0.2, 0) is 0 Å². The van der Waals surface area contributed by atoms with Crippen molar-refractivity contribution in [2.75, 3.05) is 6.54 Å². The summed E-state index contributed by atoms with van der Waals surface area (Å²) in [6, 6.07) is 9.74. The van der Waals surface area contributed by atoms with Crippen LogP contribution in [0.25, 0.3) is 0 Å². The van der Waals surface area contributed by atoms with E-state index >= 15 is 0 Å². The number of nitrogens with one attached hydrogen (secondary N) is 1. The van der Waals surface area contributed by atoms with E-state index < -0.39 is 5.82 Å². The molecule has 1 unspecified atom stereocenters. The minimum absolute atomic E-state index is 0.316. The second-order valence-electron chi connectivity index (χ2n) is 4.67. The van der Waals surface area contributed by atoms with Crippen LogP contribution in [0.4, 0.5) is 8.78 Å². The first kappa shape index (κ1) is 15.1. The monoisotopic (exact) mass is 339 g/mol. The first-order valence-electron chi connectivity index (χ1n) is 6.47. The minimum atomic E-state index is -0.394. The van der Waals surface area contributed by atoms with Crippen molar-refractivity contribution in [1.29, 1.82) is 0 Å². The van der Waals surface area contributed by atoms with Crippen molar-refractivity contribution in [3.63, 3.8) is 0 Å². The first-order chi connectivity index (χ1) is 9.52. The smallest absolute Gasteiger partial charge is 0.128 e. The van der Waals surface area contributed by atoms with Crippen LogP contribution in [0.5, 0.6) is 0 Å². The lowest BCUT2D eigenvalue weighted by atomic mass is 9.97. The minimum Gasteiger partial charge on any atom is -0.306 e. The van der Waals surface area contributed by atoms with E-state index in [0.29, 0.717) is 17.7 Å². The molecule has 0 heterocycles. The molecule has 2 aromatic carbocycles. The van der Waals surface area contributed by atoms with Gasteiger partial charge in [0.2, 0.25) is 0 Å². The largest absolute Gasteiger partial charge is 0.306 e. The summed E-state index contributed by atoms with van der Waals surface area (Å²) in [5.74, 6) is -0.783. The molecule has 1 atom stereocenters. The Labute approximate surface area is 126 Å². The van der Waals surface area contributed by atoms with E-state index in [1.807, 2.05) is 31.2 Å². The number of benzene rings is 2. The molecule has 0 amide bonds. The molecule has 0 saturated heterocycles. The van der Waals surface area contributed by atoms with Gasteiger partial charge in [-0.25, -0.2) is 8.78 Å². The second kappa shape index (κ2) is 6.46. The Bertz CT molecular complexity index is 613. The fraction of sp³-hybridized carbons (Fsp3) is 0.250. The topological polar surface area (TPSA) is 12.0 Å². The SMILES string of the molecule is CCNC(c1cccc(Br)c1)c1cc(F)c(C)cc1F. The third-order valence-electron chi connectivity index (χ3n) is 3.18. The predicted molar refractivity (Wildman–Crippen MR) is 80.8 cm³/mol. The van der Waals surface area contributed by atoms with Gasteiger partial charge in [-0.05, 0) is 48.9 Å². The van der Waals surface area contributed by atoms with E-state index in [9.17, 15) is 8.78 Å². The van der Waals surface area contributed by atoms with Crippen LogP contribution < -0.4 is 5.32 Å². The summed E-state index contributed by atoms with van der Waals surface area (Å²) in [6.45, 7) is 4.16. The van der Waals surface area contributed by atoms with Gasteiger partial charge in [0, 0.05) is 10.0 Å². The Morgan fingerprint density at radius 3 is 2.55 bits per heavy atom. The highest BCUT2D eigenvalue weighted by Gasteiger charge is 2.19. The third kappa shape index (κ3) is 3.25. The molecule has 2 aromatic rings. The molecule has 0 bridgehead atoms. The summed E-state index contributed by atoms with van der Waals surface area (Å²) in [7, 11) is 0. The Hall–Kier alpha value is -1.26. The maximum atomic E-state index is 14.2. The van der Waals surface area contributed by atoms with Gasteiger partial charge < -0.3 is 5.32 Å². The second-order valence-corrected chi connectivity index (χ2v) is 5.58. The first-order valence-corrected chi connectivity index (χ1v) is 7.26. The molecule has 0 aliphatic carbocycles. The number of rotatable bonds is 4. The van der Waals surface area contributed by atoms with Crippen LogP contribution in [-0.4, -0.2) is 6.54 Å². The van der Waals surface area contributed by atoms with Gasteiger partial charge in [-0.2, -0.15) is 0 Å². The van der Waals surface area contributed by atoms with Crippen LogP contribution in [0.1, 0.15) is 29.7 Å². The van der Waals surface area contributed by atoms with E-state index in [-0.39, 0.29) is 11.9 Å². The molecule has 0 saturated carbocycles. The van der Waals surface area contributed by atoms with E-state index in [4.69, 9.17) is 0 Å². The lowest BCUT2D eigenvalue weighted by Crippen LogP contribution is -2.23. The van der Waals surface area contributed by atoms with Gasteiger partial charge in [0.25, 0.3) is 0 Å². The van der Waals surface area contributed by atoms with Crippen molar-refractivity contribution in [3.05, 3.63) is 69.2 Å². The summed E-state index contributed by atoms with van der Waals surface area (Å²) in [5.41, 5.74) is 1.53. The van der Waals surface area contributed by atoms with Crippen LogP contribution >= 0.6 is 15.9 Å². The Morgan fingerprint density at radius 2 is 1.90 bits per heavy atom. The molecule has 106 valence electrons. The van der Waals surface area contributed by atoms with Crippen molar-refractivity contribution >= 4 is 15.9 Å². The highest BCUT2D eigenvalue weighted by molar-refractivity contribution is 9.10. The van der Waals surface area contributed by atoms with Gasteiger partial charge in [0.05, 0.1) is 6.04 Å². The third-order valence-corrected chi connectivity index (χ3v) is 3.67. The molecule has 20 heavy (non-hydrogen) atoms. The lowest BCUT2D eigenvalue weighted by Gasteiger charge is -2.20. The average molecular weight is 340 g/mol. The molecule has 0 radical (unpaired) electrons. The quantitative estimate of drug-likeness (QED) is 0.848. The van der Waals surface area contributed by atoms with Crippen molar-refractivity contribution in [2.45, 2.75) is 19.9 Å². The number of hydrogen-bond donors (Lipinski definition) is 1. The Balaban J connectivity index is 2.51. The Kier molecular flexibility index (Phi) is 4.89. The van der Waals surface area contributed by atoms with E-state index in [2.05, 4.69) is 21.2 Å². The molecule has 1 nitrogen and oxygen atoms in total. The fourth-order valence-electron chi connectivity index (χ4n) is 2.18. The average Bonchev–Trinajstić information content (AvgIpc) is 2.40. The Morgan fingerprint density at radius 1 is 1.15 bits per heavy atom. The molecule has 0 aliphatic heterocycles. The van der Waals surface area contributed by atoms with Gasteiger partial charge >= 0.3 is 0 Å². The fourth-order valence-corrected chi connectivity index (χ4v) is 2.60. The number of hydrogen-bond acceptors (Lipinski definition) is 1. The normalized spacial score (nSPS) is 12.4. The van der Waals surface area contributed by atoms with Crippen molar-refractivity contribution in [2.24, 2.45) is 0 Å². The molecule has 0 fully saturated rings. The zero-order chi connectivity index (χ0) is 14.7. The molecule has 0 aliphatic rings. The van der Waals surface area contributed by atoms with Gasteiger partial charge in [-0.1, -0.05) is 35.0 Å². The van der Waals surface area contributed by atoms with Gasteiger partial charge in [0.15, 0.2) is 0 Å². The zero-order valence-electron chi connectivity index (χ0n) is 11.4. The summed E-state index contributed by atoms with van der Waals surface area (Å²) < 4.78 is 28.8. The van der Waals surface area contributed by atoms with Crippen molar-refractivity contribution in [3.8, 4) is 0 Å². The summed E-state index contributed by atoms with van der Waals surface area (Å²) >= 11 is 3.40. The number of halogens is 3. The molecule has 1 N–H and O–H groups in total. The molecule has 2 rings (SSSR count). The van der Waals surface area contributed by atoms with Crippen molar-refractivity contribution in [1.82, 2.24) is 5.32 Å². The van der Waals surface area contributed by atoms with E-state index in [1.54, 1.807) is 6.92 Å². The van der Waals surface area contributed by atoms with Crippen LogP contribution in [0.15, 0.2) is 40.9 Å². The summed E-state index contributed by atoms with van der Waals surface area (Å²) in [4.78, 5) is 0. The maximum Gasteiger partial charge on any atom is 0.128 e. The highest BCUT2D eigenvalue weighted by Crippen LogP contribution is 2.28. The molecule has 4 heteroatoms. The maximum absolute atomic E-state index is 14.2. The van der Waals surface area contributed by atoms with Crippen LogP contribution in [0.2, 0.25) is 0 Å². The molecule has 0 spiro atoms. The van der Waals surface area contributed by atoms with E-state index in [1.165, 1.54) is 12.1 Å². The summed E-state index contributed by atoms with van der Waals surface area (Å²) in [6.07, 6.45) is 0. The van der Waals surface area contributed by atoms with Gasteiger partial charge in [0.1, 0.15) is 11.6 Å². The van der Waals surface area contributed by atoms with Crippen molar-refractivity contribution < 1.29 is 8.78 Å². The standard InChI is InChI=1S/C16H16BrF2N/c1-3-20-16(11-5-4-6-12(17)8-11)13-9-14(18)10(2)7-15(13)19/h4-9,16,20H,3H2,1-2H3. The number of aryl methyl sites for hydroxylation is 1. The highest BCUT2D eigenvalue weighted by atomic mass is 79.9. The summed E-state index contributed by atoms with van der Waals surface area (Å²) in [5, 5.41) is 3.20. The lowest BCUT2D eigenvalue weighted by molar-refractivity contribution is 0.541. The van der Waals surface area contributed by atoms with Crippen LogP contribution in [0, 0.1) is 18.6 Å².